The Balaban J connectivity index is 1.08. The lowest BCUT2D eigenvalue weighted by Crippen LogP contribution is -2.69. The van der Waals surface area contributed by atoms with Gasteiger partial charge in [0, 0.05) is 65.7 Å². The summed E-state index contributed by atoms with van der Waals surface area (Å²) in [4.78, 5) is 60.3. The summed E-state index contributed by atoms with van der Waals surface area (Å²) in [5, 5.41) is 14.4. The molecule has 1 N–H and O–H groups in total. The van der Waals surface area contributed by atoms with Gasteiger partial charge in [-0.25, -0.2) is 14.4 Å². The first-order valence-electron chi connectivity index (χ1n) is 24.7. The van der Waals surface area contributed by atoms with Crippen molar-refractivity contribution >= 4 is 47.8 Å². The van der Waals surface area contributed by atoms with Crippen LogP contribution < -0.4 is 38.5 Å². The fourth-order valence-electron chi connectivity index (χ4n) is 12.1. The molecule has 0 amide bonds. The number of nitrogens with one attached hydrogen (secondary N) is 1. The number of hydrogen-bond donors (Lipinski definition) is 1. The molecule has 4 bridgehead atoms. The first-order chi connectivity index (χ1) is 36.3. The van der Waals surface area contributed by atoms with Gasteiger partial charge in [0.25, 0.3) is 0 Å². The molecule has 384 valence electrons. The highest BCUT2D eigenvalue weighted by Gasteiger charge is 2.62. The number of rotatable bonds is 9. The van der Waals surface area contributed by atoms with Gasteiger partial charge in [-0.3, -0.25) is 19.9 Å². The molecule has 0 radical (unpaired) electrons. The monoisotopic (exact) mass is 1030 g/mol. The molecular formula is C58H54N4O12S. The Morgan fingerprint density at radius 2 is 1.51 bits per heavy atom. The highest BCUT2D eigenvalue weighted by atomic mass is 32.2. The number of carbonyl (C=O) groups excluding carboxylic acids is 4. The number of piperazine rings is 1. The van der Waals surface area contributed by atoms with E-state index in [1.807, 2.05) is 87.6 Å². The van der Waals surface area contributed by atoms with Gasteiger partial charge in [-0.1, -0.05) is 66.7 Å². The number of hydrogen-bond acceptors (Lipinski definition) is 17. The normalized spacial score (nSPS) is 24.3. The largest absolute Gasteiger partial charge is 0.493 e. The summed E-state index contributed by atoms with van der Waals surface area (Å²) in [7, 11) is 5.00. The molecule has 7 atom stereocenters. The van der Waals surface area contributed by atoms with Crippen molar-refractivity contribution in [2.24, 2.45) is 0 Å². The predicted octanol–water partition coefficient (Wildman–Crippen LogP) is 7.81. The number of nitrogens with zero attached hydrogens (tertiary/aromatic N) is 3. The fraction of sp³-hybridized carbons (Fsp3) is 0.328. The van der Waals surface area contributed by atoms with E-state index in [0.29, 0.717) is 64.5 Å². The molecule has 2 saturated heterocycles. The van der Waals surface area contributed by atoms with Crippen molar-refractivity contribution in [3.63, 3.8) is 0 Å². The van der Waals surface area contributed by atoms with E-state index in [4.69, 9.17) is 37.9 Å². The van der Waals surface area contributed by atoms with Crippen LogP contribution in [0.2, 0.25) is 0 Å². The van der Waals surface area contributed by atoms with Gasteiger partial charge in [-0.05, 0) is 91.4 Å². The molecule has 7 aliphatic rings. The Hall–Kier alpha value is -7.62. The van der Waals surface area contributed by atoms with Crippen molar-refractivity contribution in [3.05, 3.63) is 147 Å². The van der Waals surface area contributed by atoms with Crippen molar-refractivity contribution in [2.75, 3.05) is 47.0 Å². The van der Waals surface area contributed by atoms with Crippen LogP contribution >= 0.6 is 11.8 Å². The zero-order valence-corrected chi connectivity index (χ0v) is 43.0. The minimum Gasteiger partial charge on any atom is -0.493 e. The SMILES string of the molecule is COc1cc2c(cc1OC(=O)C=Cc1ccccc1)CCN[C@]21CS[C@@H]2c3c(OC(C)=O)c(C)c4c(c3[C@H](COC1=O)N1C2[C@H]2c3c(cc(C)c(OC)c3OC(=O)C=Cc3ccccc3)C[C@@H]([C@@H]1C#N)N2C)OCO4. The van der Waals surface area contributed by atoms with E-state index in [1.165, 1.54) is 37.9 Å². The Bertz CT molecular complexity index is 3270. The summed E-state index contributed by atoms with van der Waals surface area (Å²) in [6.45, 7) is 5.06. The number of ether oxygens (including phenoxy) is 8. The maximum Gasteiger partial charge on any atom is 0.336 e. The number of likely N-dealkylation sites (N-methyl/N-ethyl adjacent to an activating group) is 1. The van der Waals surface area contributed by atoms with E-state index in [0.717, 1.165) is 27.8 Å². The van der Waals surface area contributed by atoms with Crippen molar-refractivity contribution in [1.29, 1.82) is 5.26 Å². The standard InChI is InChI=1S/C58H54N4O12S/c1-31-23-37-24-39-40(27-59)62-41-28-69-57(66)58(38-26-42(67-5)43(25-36(38)21-22-60-58)73-44(64)19-17-34-13-9-7-10-14-34)29-75-56(48-47(41)54-53(70-30-71-54)32(2)52(48)72-33(3)63)50(62)49(61(39)4)46(37)55(51(31)68-6)74-45(65)20-18-35-15-11-8-12-16-35/h7-20,23,25-26,39-41,49-50,56,60H,21-22,24,28-30H2,1-6H3/t39-,40-,41-,49+,50?,56+,58+/m0/s1. The molecule has 7 aliphatic heterocycles. The third kappa shape index (κ3) is 8.46. The molecule has 5 aromatic carbocycles. The molecule has 5 aromatic rings. The number of benzene rings is 5. The molecule has 12 rings (SSSR count). The number of nitriles is 1. The fourth-order valence-corrected chi connectivity index (χ4v) is 13.8. The maximum absolute atomic E-state index is 15.3. The minimum absolute atomic E-state index is 0.0559. The van der Waals surface area contributed by atoms with Crippen LogP contribution in [0.15, 0.2) is 91.0 Å². The minimum atomic E-state index is -1.49. The molecule has 0 aromatic heterocycles. The van der Waals surface area contributed by atoms with Crippen LogP contribution in [0.1, 0.15) is 79.9 Å². The van der Waals surface area contributed by atoms with Crippen LogP contribution in [-0.2, 0) is 42.3 Å². The van der Waals surface area contributed by atoms with Crippen molar-refractivity contribution < 1.29 is 57.1 Å². The molecular weight excluding hydrogens is 977 g/mol. The lowest BCUT2D eigenvalue weighted by Gasteiger charge is -2.62. The number of methoxy groups -OCH3 is 2. The van der Waals surface area contributed by atoms with Crippen molar-refractivity contribution in [2.45, 2.75) is 74.6 Å². The van der Waals surface area contributed by atoms with Crippen LogP contribution in [0.3, 0.4) is 0 Å². The molecule has 16 nitrogen and oxygen atoms in total. The van der Waals surface area contributed by atoms with Crippen molar-refractivity contribution in [1.82, 2.24) is 15.1 Å². The van der Waals surface area contributed by atoms with Gasteiger partial charge in [0.2, 0.25) is 6.79 Å². The summed E-state index contributed by atoms with van der Waals surface area (Å²) in [6.07, 6.45) is 6.98. The van der Waals surface area contributed by atoms with Crippen LogP contribution in [-0.4, -0.2) is 98.8 Å². The zero-order valence-electron chi connectivity index (χ0n) is 42.2. The van der Waals surface area contributed by atoms with Gasteiger partial charge in [0.05, 0.1) is 37.6 Å². The molecule has 1 spiro atoms. The lowest BCUT2D eigenvalue weighted by molar-refractivity contribution is -0.157. The van der Waals surface area contributed by atoms with Crippen LogP contribution in [0.4, 0.5) is 0 Å². The van der Waals surface area contributed by atoms with Crippen LogP contribution in [0, 0.1) is 25.2 Å². The average Bonchev–Trinajstić information content (AvgIpc) is 3.91. The van der Waals surface area contributed by atoms with E-state index in [9.17, 15) is 19.6 Å². The van der Waals surface area contributed by atoms with E-state index in [1.54, 1.807) is 31.4 Å². The first kappa shape index (κ1) is 49.6. The second-order valence-electron chi connectivity index (χ2n) is 19.4. The number of fused-ring (bicyclic) bond motifs is 9. The quantitative estimate of drug-likeness (QED) is 0.0856. The smallest absolute Gasteiger partial charge is 0.336 e. The summed E-state index contributed by atoms with van der Waals surface area (Å²) in [5.41, 5.74) is 5.59. The van der Waals surface area contributed by atoms with E-state index >= 15 is 4.79 Å². The Labute approximate surface area is 438 Å². The van der Waals surface area contributed by atoms with Crippen LogP contribution in [0.5, 0.6) is 40.2 Å². The highest BCUT2D eigenvalue weighted by Crippen LogP contribution is 2.65. The third-order valence-electron chi connectivity index (χ3n) is 15.2. The van der Waals surface area contributed by atoms with Gasteiger partial charge in [0.15, 0.2) is 40.0 Å². The molecule has 0 saturated carbocycles. The number of thioether (sulfide) groups is 1. The van der Waals surface area contributed by atoms with Crippen LogP contribution in [0.25, 0.3) is 12.2 Å². The van der Waals surface area contributed by atoms with E-state index < -0.39 is 64.9 Å². The Morgan fingerprint density at radius 1 is 0.813 bits per heavy atom. The Kier molecular flexibility index (Phi) is 13.2. The second-order valence-corrected chi connectivity index (χ2v) is 20.5. The summed E-state index contributed by atoms with van der Waals surface area (Å²) in [5.74, 6) is -0.134. The van der Waals surface area contributed by atoms with Gasteiger partial charge in [-0.2, -0.15) is 5.26 Å². The maximum atomic E-state index is 15.3. The molecule has 2 fully saturated rings. The summed E-state index contributed by atoms with van der Waals surface area (Å²) >= 11 is 1.45. The first-order valence-corrected chi connectivity index (χ1v) is 25.8. The molecule has 75 heavy (non-hydrogen) atoms. The summed E-state index contributed by atoms with van der Waals surface area (Å²) in [6, 6.07) is 23.7. The number of carbonyl (C=O) groups is 4. The highest BCUT2D eigenvalue weighted by molar-refractivity contribution is 7.99. The summed E-state index contributed by atoms with van der Waals surface area (Å²) < 4.78 is 49.7. The number of aryl methyl sites for hydroxylation is 1. The zero-order chi connectivity index (χ0) is 52.3. The average molecular weight is 1030 g/mol. The molecule has 17 heteroatoms. The van der Waals surface area contributed by atoms with Gasteiger partial charge in [-0.15, -0.1) is 11.8 Å². The third-order valence-corrected chi connectivity index (χ3v) is 16.7. The Morgan fingerprint density at radius 3 is 2.17 bits per heavy atom. The van der Waals surface area contributed by atoms with E-state index in [2.05, 4.69) is 21.2 Å². The molecule has 0 aliphatic carbocycles. The predicted molar refractivity (Wildman–Crippen MR) is 277 cm³/mol. The van der Waals surface area contributed by atoms with Gasteiger partial charge >= 0.3 is 23.9 Å². The van der Waals surface area contributed by atoms with E-state index in [-0.39, 0.29) is 42.2 Å². The van der Waals surface area contributed by atoms with Crippen molar-refractivity contribution in [3.8, 4) is 46.3 Å². The lowest BCUT2D eigenvalue weighted by atomic mass is 9.71. The molecule has 1 unspecified atom stereocenters. The van der Waals surface area contributed by atoms with Gasteiger partial charge in [0.1, 0.15) is 18.4 Å². The number of esters is 4. The topological polar surface area (TPSA) is 184 Å². The molecule has 7 heterocycles. The second kappa shape index (κ2) is 19.9. The van der Waals surface area contributed by atoms with Gasteiger partial charge < -0.3 is 37.9 Å².